The molecule has 3 heteroatoms. The van der Waals surface area contributed by atoms with Crippen molar-refractivity contribution in [3.63, 3.8) is 0 Å². The van der Waals surface area contributed by atoms with Crippen molar-refractivity contribution in [3.05, 3.63) is 35.8 Å². The van der Waals surface area contributed by atoms with E-state index in [4.69, 9.17) is 4.98 Å². The Hall–Kier alpha value is -1.35. The number of pyridine rings is 1. The van der Waals surface area contributed by atoms with E-state index in [1.54, 1.807) is 0 Å². The van der Waals surface area contributed by atoms with E-state index in [0.717, 1.165) is 18.6 Å². The third-order valence-electron chi connectivity index (χ3n) is 3.61. The Morgan fingerprint density at radius 2 is 2.12 bits per heavy atom. The average molecular weight is 229 g/mol. The molecule has 17 heavy (non-hydrogen) atoms. The monoisotopic (exact) mass is 229 g/mol. The zero-order valence-corrected chi connectivity index (χ0v) is 10.4. The van der Waals surface area contributed by atoms with Gasteiger partial charge in [0.05, 0.1) is 5.69 Å². The van der Waals surface area contributed by atoms with Crippen LogP contribution in [0.15, 0.2) is 24.5 Å². The van der Waals surface area contributed by atoms with E-state index < -0.39 is 0 Å². The van der Waals surface area contributed by atoms with Gasteiger partial charge in [-0.2, -0.15) is 0 Å². The van der Waals surface area contributed by atoms with Gasteiger partial charge in [0.15, 0.2) is 0 Å². The Kier molecular flexibility index (Phi) is 2.85. The highest BCUT2D eigenvalue weighted by molar-refractivity contribution is 5.47. The first-order valence-electron chi connectivity index (χ1n) is 6.48. The van der Waals surface area contributed by atoms with Gasteiger partial charge in [0, 0.05) is 25.4 Å². The molecule has 0 aromatic carbocycles. The van der Waals surface area contributed by atoms with Crippen LogP contribution in [0.1, 0.15) is 24.1 Å². The second-order valence-electron chi connectivity index (χ2n) is 4.95. The lowest BCUT2D eigenvalue weighted by molar-refractivity contribution is 0.342. The minimum atomic E-state index is 1.07. The van der Waals surface area contributed by atoms with Crippen LogP contribution in [0.5, 0.6) is 0 Å². The number of aromatic nitrogens is 2. The Balaban J connectivity index is 1.74. The molecule has 0 saturated carbocycles. The molecular formula is C14H19N3. The number of fused-ring (bicyclic) bond motifs is 1. The van der Waals surface area contributed by atoms with Crippen LogP contribution in [0.2, 0.25) is 0 Å². The Morgan fingerprint density at radius 3 is 2.88 bits per heavy atom. The van der Waals surface area contributed by atoms with Gasteiger partial charge in [-0.15, -0.1) is 0 Å². The predicted octanol–water partition coefficient (Wildman–Crippen LogP) is 2.28. The van der Waals surface area contributed by atoms with E-state index in [0.29, 0.717) is 0 Å². The van der Waals surface area contributed by atoms with E-state index in [-0.39, 0.29) is 0 Å². The van der Waals surface area contributed by atoms with Crippen molar-refractivity contribution in [1.82, 2.24) is 14.3 Å². The van der Waals surface area contributed by atoms with Gasteiger partial charge in [0.1, 0.15) is 5.65 Å². The average Bonchev–Trinajstić information content (AvgIpc) is 2.95. The molecule has 3 rings (SSSR count). The molecule has 0 radical (unpaired) electrons. The molecule has 1 saturated heterocycles. The van der Waals surface area contributed by atoms with Gasteiger partial charge in [-0.05, 0) is 44.5 Å². The van der Waals surface area contributed by atoms with Gasteiger partial charge in [-0.25, -0.2) is 4.98 Å². The summed E-state index contributed by atoms with van der Waals surface area (Å²) in [6, 6.07) is 4.20. The molecule has 0 bridgehead atoms. The molecular weight excluding hydrogens is 210 g/mol. The molecule has 0 spiro atoms. The summed E-state index contributed by atoms with van der Waals surface area (Å²) in [5.74, 6) is 0. The number of imidazole rings is 1. The number of aryl methyl sites for hydroxylation is 1. The van der Waals surface area contributed by atoms with Crippen LogP contribution in [0, 0.1) is 6.92 Å². The van der Waals surface area contributed by atoms with E-state index in [1.165, 1.54) is 37.2 Å². The summed E-state index contributed by atoms with van der Waals surface area (Å²) in [7, 11) is 0. The maximum absolute atomic E-state index is 4.71. The van der Waals surface area contributed by atoms with E-state index >= 15 is 0 Å². The largest absolute Gasteiger partial charge is 0.307 e. The van der Waals surface area contributed by atoms with E-state index in [9.17, 15) is 0 Å². The van der Waals surface area contributed by atoms with Crippen molar-refractivity contribution in [1.29, 1.82) is 0 Å². The minimum Gasteiger partial charge on any atom is -0.307 e. The first-order valence-corrected chi connectivity index (χ1v) is 6.48. The molecule has 3 heterocycles. The molecule has 0 amide bonds. The predicted molar refractivity (Wildman–Crippen MR) is 69.3 cm³/mol. The summed E-state index contributed by atoms with van der Waals surface area (Å²) in [6.45, 7) is 5.81. The summed E-state index contributed by atoms with van der Waals surface area (Å²) >= 11 is 0. The molecule has 2 aromatic heterocycles. The van der Waals surface area contributed by atoms with Gasteiger partial charge in [-0.1, -0.05) is 6.07 Å². The molecule has 0 aliphatic carbocycles. The van der Waals surface area contributed by atoms with Gasteiger partial charge in [0.2, 0.25) is 0 Å². The fourth-order valence-electron chi connectivity index (χ4n) is 2.60. The molecule has 0 atom stereocenters. The standard InChI is InChI=1S/C14H19N3/c1-12-5-4-9-17-11-13(15-14(12)17)6-10-16-7-2-3-8-16/h4-5,9,11H,2-3,6-8,10H2,1H3. The number of hydrogen-bond acceptors (Lipinski definition) is 2. The number of likely N-dealkylation sites (tertiary alicyclic amines) is 1. The summed E-state index contributed by atoms with van der Waals surface area (Å²) in [5, 5.41) is 0. The molecule has 90 valence electrons. The van der Waals surface area contributed by atoms with Crippen molar-refractivity contribution < 1.29 is 0 Å². The fourth-order valence-corrected chi connectivity index (χ4v) is 2.60. The summed E-state index contributed by atoms with van der Waals surface area (Å²) < 4.78 is 2.13. The van der Waals surface area contributed by atoms with E-state index in [2.05, 4.69) is 40.8 Å². The van der Waals surface area contributed by atoms with Crippen molar-refractivity contribution in [2.75, 3.05) is 19.6 Å². The van der Waals surface area contributed by atoms with Crippen molar-refractivity contribution in [2.45, 2.75) is 26.2 Å². The van der Waals surface area contributed by atoms with Crippen molar-refractivity contribution in [2.24, 2.45) is 0 Å². The summed E-state index contributed by atoms with van der Waals surface area (Å²) in [4.78, 5) is 7.25. The second-order valence-corrected chi connectivity index (χ2v) is 4.95. The smallest absolute Gasteiger partial charge is 0.139 e. The zero-order valence-electron chi connectivity index (χ0n) is 10.4. The van der Waals surface area contributed by atoms with Crippen molar-refractivity contribution in [3.8, 4) is 0 Å². The molecule has 2 aromatic rings. The summed E-state index contributed by atoms with van der Waals surface area (Å²) in [5.41, 5.74) is 3.56. The van der Waals surface area contributed by atoms with Crippen LogP contribution in [-0.2, 0) is 6.42 Å². The third kappa shape index (κ3) is 2.20. The molecule has 1 aliphatic rings. The van der Waals surface area contributed by atoms with Crippen LogP contribution >= 0.6 is 0 Å². The lowest BCUT2D eigenvalue weighted by Gasteiger charge is -2.12. The Bertz CT molecular complexity index is 509. The Morgan fingerprint density at radius 1 is 1.29 bits per heavy atom. The normalized spacial score (nSPS) is 17.0. The highest BCUT2D eigenvalue weighted by Gasteiger charge is 2.12. The maximum Gasteiger partial charge on any atom is 0.139 e. The second kappa shape index (κ2) is 4.49. The SMILES string of the molecule is Cc1cccn2cc(CCN3CCCC3)nc12. The Labute approximate surface area is 102 Å². The highest BCUT2D eigenvalue weighted by atomic mass is 15.1. The quantitative estimate of drug-likeness (QED) is 0.805. The van der Waals surface area contributed by atoms with Gasteiger partial charge in [0.25, 0.3) is 0 Å². The zero-order chi connectivity index (χ0) is 11.7. The van der Waals surface area contributed by atoms with Crippen LogP contribution in [-0.4, -0.2) is 33.9 Å². The molecule has 1 fully saturated rings. The lowest BCUT2D eigenvalue weighted by atomic mass is 10.3. The number of rotatable bonds is 3. The van der Waals surface area contributed by atoms with Gasteiger partial charge < -0.3 is 9.30 Å². The topological polar surface area (TPSA) is 20.5 Å². The number of nitrogens with zero attached hydrogens (tertiary/aromatic N) is 3. The van der Waals surface area contributed by atoms with Crippen molar-refractivity contribution >= 4 is 5.65 Å². The maximum atomic E-state index is 4.71. The fraction of sp³-hybridized carbons (Fsp3) is 0.500. The summed E-state index contributed by atoms with van der Waals surface area (Å²) in [6.07, 6.45) is 8.04. The molecule has 0 N–H and O–H groups in total. The van der Waals surface area contributed by atoms with Gasteiger partial charge >= 0.3 is 0 Å². The number of hydrogen-bond donors (Lipinski definition) is 0. The molecule has 3 nitrogen and oxygen atoms in total. The minimum absolute atomic E-state index is 1.07. The lowest BCUT2D eigenvalue weighted by Crippen LogP contribution is -2.21. The van der Waals surface area contributed by atoms with E-state index in [1.807, 2.05) is 0 Å². The van der Waals surface area contributed by atoms with Crippen LogP contribution < -0.4 is 0 Å². The first-order chi connectivity index (χ1) is 8.33. The van der Waals surface area contributed by atoms with Gasteiger partial charge in [-0.3, -0.25) is 0 Å². The van der Waals surface area contributed by atoms with Crippen LogP contribution in [0.3, 0.4) is 0 Å². The highest BCUT2D eigenvalue weighted by Crippen LogP contribution is 2.12. The first kappa shape index (κ1) is 10.8. The molecule has 1 aliphatic heterocycles. The van der Waals surface area contributed by atoms with Crippen LogP contribution in [0.25, 0.3) is 5.65 Å². The molecule has 0 unspecified atom stereocenters. The van der Waals surface area contributed by atoms with Crippen LogP contribution in [0.4, 0.5) is 0 Å². The third-order valence-corrected chi connectivity index (χ3v) is 3.61.